The van der Waals surface area contributed by atoms with Crippen LogP contribution in [0, 0.1) is 0 Å². The number of fused-ring (bicyclic) bond motifs is 1. The average Bonchev–Trinajstić information content (AvgIpc) is 3.65. The van der Waals surface area contributed by atoms with Crippen LogP contribution < -0.4 is 20.4 Å². The highest BCUT2D eigenvalue weighted by atomic mass is 32.1. The third-order valence-corrected chi connectivity index (χ3v) is 8.11. The molecule has 0 radical (unpaired) electrons. The molecule has 2 aliphatic rings. The van der Waals surface area contributed by atoms with Crippen LogP contribution in [0.3, 0.4) is 0 Å². The number of hydrogen-bond acceptors (Lipinski definition) is 11. The molecule has 0 spiro atoms. The number of pyridine rings is 1. The van der Waals surface area contributed by atoms with Crippen molar-refractivity contribution in [2.45, 2.75) is 6.04 Å². The van der Waals surface area contributed by atoms with Gasteiger partial charge in [-0.05, 0) is 36.4 Å². The number of benzene rings is 2. The molecule has 206 valence electrons. The zero-order chi connectivity index (χ0) is 27.6. The first-order valence-electron chi connectivity index (χ1n) is 13.3. The molecule has 0 aliphatic carbocycles. The molecule has 5 heterocycles. The largest absolute Gasteiger partial charge is 0.402 e. The van der Waals surface area contributed by atoms with Crippen LogP contribution in [0.4, 0.5) is 28.1 Å². The fourth-order valence-electron chi connectivity index (χ4n) is 4.93. The molecule has 41 heavy (non-hydrogen) atoms. The third kappa shape index (κ3) is 5.10. The van der Waals surface area contributed by atoms with Crippen LogP contribution in [0.15, 0.2) is 83.5 Å². The van der Waals surface area contributed by atoms with Crippen LogP contribution in [0.5, 0.6) is 0 Å². The van der Waals surface area contributed by atoms with E-state index in [9.17, 15) is 4.79 Å². The Labute approximate surface area is 239 Å². The summed E-state index contributed by atoms with van der Waals surface area (Å²) >= 11 is 1.55. The highest BCUT2D eigenvalue weighted by Gasteiger charge is 2.31. The monoisotopic (exact) mass is 566 g/mol. The van der Waals surface area contributed by atoms with Crippen LogP contribution in [0.2, 0.25) is 0 Å². The maximum absolute atomic E-state index is 13.3. The van der Waals surface area contributed by atoms with Gasteiger partial charge in [0.05, 0.1) is 31.1 Å². The number of aromatic nitrogens is 4. The van der Waals surface area contributed by atoms with E-state index in [0.29, 0.717) is 25.5 Å². The fourth-order valence-corrected chi connectivity index (χ4v) is 6.03. The Bertz CT molecular complexity index is 1650. The number of anilines is 5. The number of morpholine rings is 1. The van der Waals surface area contributed by atoms with Crippen molar-refractivity contribution in [3.63, 3.8) is 0 Å². The van der Waals surface area contributed by atoms with Crippen LogP contribution in [-0.4, -0.2) is 65.0 Å². The van der Waals surface area contributed by atoms with Gasteiger partial charge in [0.1, 0.15) is 16.1 Å². The molecule has 1 amide bonds. The number of para-hydroxylation sites is 3. The predicted molar refractivity (Wildman–Crippen MR) is 158 cm³/mol. The molecule has 2 N–H and O–H groups in total. The summed E-state index contributed by atoms with van der Waals surface area (Å²) in [6.07, 6.45) is 3.52. The predicted octanol–water partition coefficient (Wildman–Crippen LogP) is 4.66. The minimum atomic E-state index is -0.670. The smallest absolute Gasteiger partial charge is 0.316 e. The lowest BCUT2D eigenvalue weighted by Crippen LogP contribution is -2.40. The highest BCUT2D eigenvalue weighted by molar-refractivity contribution is 7.19. The lowest BCUT2D eigenvalue weighted by atomic mass is 10.2. The fraction of sp³-hybridized carbons (Fsp3) is 0.207. The van der Waals surface area contributed by atoms with Crippen LogP contribution in [-0.2, 0) is 9.53 Å². The van der Waals surface area contributed by atoms with E-state index in [1.165, 1.54) is 0 Å². The van der Waals surface area contributed by atoms with E-state index in [-0.39, 0.29) is 17.8 Å². The summed E-state index contributed by atoms with van der Waals surface area (Å²) in [6, 6.07) is 21.0. The average molecular weight is 567 g/mol. The van der Waals surface area contributed by atoms with Gasteiger partial charge < -0.3 is 29.6 Å². The molecule has 11 nitrogen and oxygen atoms in total. The van der Waals surface area contributed by atoms with Gasteiger partial charge in [-0.3, -0.25) is 9.78 Å². The Morgan fingerprint density at radius 1 is 0.976 bits per heavy atom. The molecule has 2 aliphatic heterocycles. The number of nitrogens with one attached hydrogen (secondary N) is 2. The molecule has 0 bridgehead atoms. The van der Waals surface area contributed by atoms with E-state index in [2.05, 4.69) is 35.6 Å². The molecule has 7 rings (SSSR count). The number of carbonyl (C=O) groups excluding carboxylic acids is 1. The van der Waals surface area contributed by atoms with Gasteiger partial charge in [-0.25, -0.2) is 4.98 Å². The Morgan fingerprint density at radius 2 is 1.80 bits per heavy atom. The number of carbonyl (C=O) groups is 1. The van der Waals surface area contributed by atoms with Gasteiger partial charge in [0.25, 0.3) is 5.89 Å². The SMILES string of the molecule is O=C1Nc2ccccc2N(c2ccccc2)C[C@@H]1Nc1nnc(-c2nc(-c3cccnc3)sc2N2CCOCC2)o1. The van der Waals surface area contributed by atoms with Gasteiger partial charge >= 0.3 is 6.01 Å². The number of thiazole rings is 1. The van der Waals surface area contributed by atoms with Crippen LogP contribution in [0.1, 0.15) is 0 Å². The molecule has 1 saturated heterocycles. The minimum absolute atomic E-state index is 0.142. The Hall–Kier alpha value is -4.81. The molecule has 1 fully saturated rings. The second-order valence-electron chi connectivity index (χ2n) is 9.58. The van der Waals surface area contributed by atoms with Crippen molar-refractivity contribution in [2.24, 2.45) is 0 Å². The van der Waals surface area contributed by atoms with Gasteiger partial charge in [0, 0.05) is 36.7 Å². The second-order valence-corrected chi connectivity index (χ2v) is 10.6. The first-order valence-corrected chi connectivity index (χ1v) is 14.1. The summed E-state index contributed by atoms with van der Waals surface area (Å²) in [5.41, 5.74) is 4.11. The highest BCUT2D eigenvalue weighted by Crippen LogP contribution is 2.40. The first-order chi connectivity index (χ1) is 20.2. The van der Waals surface area contributed by atoms with Crippen molar-refractivity contribution in [3.8, 4) is 22.2 Å². The normalized spacial score (nSPS) is 17.1. The molecule has 2 aromatic carbocycles. The molecule has 1 atom stereocenters. The number of nitrogens with zero attached hydrogens (tertiary/aromatic N) is 6. The molecular weight excluding hydrogens is 540 g/mol. The summed E-state index contributed by atoms with van der Waals surface area (Å²) in [5.74, 6) is 0.0785. The maximum Gasteiger partial charge on any atom is 0.316 e. The lowest BCUT2D eigenvalue weighted by molar-refractivity contribution is -0.116. The van der Waals surface area contributed by atoms with E-state index < -0.39 is 6.04 Å². The molecule has 0 saturated carbocycles. The topological polar surface area (TPSA) is 122 Å². The summed E-state index contributed by atoms with van der Waals surface area (Å²) in [7, 11) is 0. The van der Waals surface area contributed by atoms with Crippen molar-refractivity contribution < 1.29 is 13.9 Å². The quantitative estimate of drug-likeness (QED) is 0.300. The van der Waals surface area contributed by atoms with Gasteiger partial charge in [0.15, 0.2) is 5.69 Å². The van der Waals surface area contributed by atoms with Gasteiger partial charge in [-0.2, -0.15) is 0 Å². The molecule has 12 heteroatoms. The summed E-state index contributed by atoms with van der Waals surface area (Å²) in [6.45, 7) is 3.09. The van der Waals surface area contributed by atoms with Crippen molar-refractivity contribution in [2.75, 3.05) is 53.3 Å². The van der Waals surface area contributed by atoms with Crippen molar-refractivity contribution >= 4 is 45.3 Å². The van der Waals surface area contributed by atoms with Gasteiger partial charge in [0.2, 0.25) is 5.91 Å². The summed E-state index contributed by atoms with van der Waals surface area (Å²) < 4.78 is 11.7. The Kier molecular flexibility index (Phi) is 6.75. The van der Waals surface area contributed by atoms with E-state index in [0.717, 1.165) is 45.7 Å². The zero-order valence-electron chi connectivity index (χ0n) is 21.9. The number of amides is 1. The maximum atomic E-state index is 13.3. The van der Waals surface area contributed by atoms with E-state index in [4.69, 9.17) is 14.1 Å². The van der Waals surface area contributed by atoms with Crippen molar-refractivity contribution in [3.05, 3.63) is 79.1 Å². The number of hydrogen-bond donors (Lipinski definition) is 2. The van der Waals surface area contributed by atoms with Crippen molar-refractivity contribution in [1.82, 2.24) is 20.2 Å². The zero-order valence-corrected chi connectivity index (χ0v) is 22.8. The molecule has 0 unspecified atom stereocenters. The molecular formula is C29H26N8O3S. The van der Waals surface area contributed by atoms with Gasteiger partial charge in [-0.1, -0.05) is 46.8 Å². The van der Waals surface area contributed by atoms with Crippen LogP contribution in [0.25, 0.3) is 22.2 Å². The lowest BCUT2D eigenvalue weighted by Gasteiger charge is -2.27. The van der Waals surface area contributed by atoms with Gasteiger partial charge in [-0.15, -0.1) is 5.10 Å². The summed E-state index contributed by atoms with van der Waals surface area (Å²) in [5, 5.41) is 16.5. The van der Waals surface area contributed by atoms with E-state index >= 15 is 0 Å². The third-order valence-electron chi connectivity index (χ3n) is 6.94. The first kappa shape index (κ1) is 25.2. The number of rotatable bonds is 6. The van der Waals surface area contributed by atoms with E-state index in [1.54, 1.807) is 23.7 Å². The Morgan fingerprint density at radius 3 is 2.63 bits per heavy atom. The molecule has 5 aromatic rings. The van der Waals surface area contributed by atoms with Crippen molar-refractivity contribution in [1.29, 1.82) is 0 Å². The second kappa shape index (κ2) is 11.0. The molecule has 3 aromatic heterocycles. The Balaban J connectivity index is 1.19. The number of ether oxygens (including phenoxy) is 1. The van der Waals surface area contributed by atoms with Crippen LogP contribution >= 0.6 is 11.3 Å². The summed E-state index contributed by atoms with van der Waals surface area (Å²) in [4.78, 5) is 26.8. The minimum Gasteiger partial charge on any atom is -0.402 e. The van der Waals surface area contributed by atoms with E-state index in [1.807, 2.05) is 66.7 Å². The standard InChI is InChI=1S/C29H26N8O3S/c38-25-22(18-37(20-8-2-1-3-9-20)23-11-5-4-10-21(23)31-25)32-29-35-34-26(40-29)24-28(36-13-15-39-16-14-36)41-27(33-24)19-7-6-12-30-17-19/h1-12,17,22H,13-16,18H2,(H,31,38)(H,32,35)/t22-/m0/s1.